The first kappa shape index (κ1) is 20.9. The maximum Gasteiger partial charge on any atom is 0.310 e. The summed E-state index contributed by atoms with van der Waals surface area (Å²) in [5, 5.41) is 0. The summed E-state index contributed by atoms with van der Waals surface area (Å²) in [7, 11) is 1.73. The Hall–Kier alpha value is -2.01. The van der Waals surface area contributed by atoms with Crippen molar-refractivity contribution in [3.05, 3.63) is 36.4 Å². The molecule has 2 aliphatic heterocycles. The van der Waals surface area contributed by atoms with Crippen LogP contribution in [-0.2, 0) is 9.53 Å². The van der Waals surface area contributed by atoms with Gasteiger partial charge in [0.25, 0.3) is 0 Å². The summed E-state index contributed by atoms with van der Waals surface area (Å²) in [5.74, 6) is 1.89. The highest BCUT2D eigenvalue weighted by atomic mass is 16.6. The van der Waals surface area contributed by atoms with Crippen LogP contribution in [0.3, 0.4) is 0 Å². The Balaban J connectivity index is 1.23. The van der Waals surface area contributed by atoms with Crippen LogP contribution in [0.25, 0.3) is 0 Å². The number of rotatable bonds is 4. The van der Waals surface area contributed by atoms with Gasteiger partial charge in [-0.2, -0.15) is 0 Å². The minimum atomic E-state index is 0.0158. The minimum Gasteiger partial charge on any atom is -0.495 e. The molecule has 0 bridgehead atoms. The lowest BCUT2D eigenvalue weighted by Gasteiger charge is -2.50. The third kappa shape index (κ3) is 3.75. The molecule has 5 atom stereocenters. The monoisotopic (exact) mass is 424 g/mol. The second kappa shape index (κ2) is 8.16. The molecule has 1 aromatic carbocycles. The Bertz CT molecular complexity index is 847. The predicted octanol–water partition coefficient (Wildman–Crippen LogP) is 4.13. The molecule has 5 rings (SSSR count). The zero-order chi connectivity index (χ0) is 21.6. The van der Waals surface area contributed by atoms with Crippen molar-refractivity contribution in [3.8, 4) is 5.75 Å². The number of piperazine rings is 1. The van der Waals surface area contributed by atoms with Crippen LogP contribution in [0.15, 0.2) is 36.4 Å². The van der Waals surface area contributed by atoms with Crippen LogP contribution in [0.2, 0.25) is 0 Å². The molecule has 0 aromatic heterocycles. The minimum absolute atomic E-state index is 0.0158. The van der Waals surface area contributed by atoms with E-state index in [0.717, 1.165) is 63.4 Å². The number of allylic oxidation sites excluding steroid dienone is 1. The van der Waals surface area contributed by atoms with Gasteiger partial charge in [0.15, 0.2) is 0 Å². The molecule has 1 unspecified atom stereocenters. The molecule has 1 aromatic rings. The number of carbonyl (C=O) groups excluding carboxylic acids is 1. The molecule has 168 valence electrons. The molecule has 0 spiro atoms. The fourth-order valence-corrected chi connectivity index (χ4v) is 6.81. The Morgan fingerprint density at radius 3 is 2.77 bits per heavy atom. The first-order valence-electron chi connectivity index (χ1n) is 12.0. The van der Waals surface area contributed by atoms with Crippen molar-refractivity contribution in [2.24, 2.45) is 23.2 Å². The predicted molar refractivity (Wildman–Crippen MR) is 122 cm³/mol. The number of fused-ring (bicyclic) bond motifs is 2. The zero-order valence-electron chi connectivity index (χ0n) is 19.0. The second-order valence-electron chi connectivity index (χ2n) is 10.4. The lowest BCUT2D eigenvalue weighted by atomic mass is 9.55. The van der Waals surface area contributed by atoms with Gasteiger partial charge in [-0.3, -0.25) is 9.69 Å². The highest BCUT2D eigenvalue weighted by Crippen LogP contribution is 2.57. The SMILES string of the molecule is C=C1CCC[C@]2(C)C[C@H]3OC(=O)C(CN4CCN(c5ccccc5OC)CC4)[C@H]3C[C@@H]12. The van der Waals surface area contributed by atoms with E-state index in [2.05, 4.69) is 35.4 Å². The fourth-order valence-electron chi connectivity index (χ4n) is 6.81. The van der Waals surface area contributed by atoms with Crippen LogP contribution >= 0.6 is 0 Å². The molecule has 2 aliphatic carbocycles. The molecule has 2 saturated heterocycles. The van der Waals surface area contributed by atoms with E-state index in [9.17, 15) is 4.79 Å². The molecule has 5 nitrogen and oxygen atoms in total. The molecule has 2 saturated carbocycles. The highest BCUT2D eigenvalue weighted by Gasteiger charge is 2.55. The van der Waals surface area contributed by atoms with Crippen molar-refractivity contribution < 1.29 is 14.3 Å². The molecular formula is C26H36N2O3. The number of nitrogens with zero attached hydrogens (tertiary/aromatic N) is 2. The zero-order valence-corrected chi connectivity index (χ0v) is 19.0. The van der Waals surface area contributed by atoms with E-state index < -0.39 is 0 Å². The molecule has 4 aliphatic rings. The largest absolute Gasteiger partial charge is 0.495 e. The Kier molecular flexibility index (Phi) is 5.49. The first-order valence-corrected chi connectivity index (χ1v) is 12.0. The number of hydrogen-bond donors (Lipinski definition) is 0. The summed E-state index contributed by atoms with van der Waals surface area (Å²) in [6, 6.07) is 8.22. The summed E-state index contributed by atoms with van der Waals surface area (Å²) in [5.41, 5.74) is 2.84. The molecule has 31 heavy (non-hydrogen) atoms. The third-order valence-electron chi connectivity index (χ3n) is 8.57. The van der Waals surface area contributed by atoms with Crippen LogP contribution in [0.1, 0.15) is 39.0 Å². The van der Waals surface area contributed by atoms with Crippen LogP contribution in [0, 0.1) is 23.2 Å². The normalized spacial score (nSPS) is 36.0. The van der Waals surface area contributed by atoms with Crippen molar-refractivity contribution >= 4 is 11.7 Å². The smallest absolute Gasteiger partial charge is 0.310 e. The molecule has 4 fully saturated rings. The lowest BCUT2D eigenvalue weighted by Crippen LogP contribution is -2.50. The van der Waals surface area contributed by atoms with Crippen molar-refractivity contribution in [1.29, 1.82) is 0 Å². The van der Waals surface area contributed by atoms with Gasteiger partial charge >= 0.3 is 5.97 Å². The topological polar surface area (TPSA) is 42.0 Å². The maximum absolute atomic E-state index is 12.9. The number of para-hydroxylation sites is 2. The molecule has 0 amide bonds. The van der Waals surface area contributed by atoms with Crippen molar-refractivity contribution in [3.63, 3.8) is 0 Å². The van der Waals surface area contributed by atoms with Crippen molar-refractivity contribution in [2.75, 3.05) is 44.7 Å². The first-order chi connectivity index (χ1) is 15.0. The van der Waals surface area contributed by atoms with Crippen LogP contribution in [-0.4, -0.2) is 56.8 Å². The van der Waals surface area contributed by atoms with E-state index in [-0.39, 0.29) is 23.4 Å². The average Bonchev–Trinajstić information content (AvgIpc) is 3.06. The van der Waals surface area contributed by atoms with Gasteiger partial charge in [0.1, 0.15) is 11.9 Å². The number of carbonyl (C=O) groups is 1. The van der Waals surface area contributed by atoms with Crippen LogP contribution in [0.4, 0.5) is 5.69 Å². The molecule has 5 heteroatoms. The Labute approximate surface area is 186 Å². The van der Waals surface area contributed by atoms with Crippen LogP contribution < -0.4 is 9.64 Å². The highest BCUT2D eigenvalue weighted by molar-refractivity contribution is 5.75. The fraction of sp³-hybridized carbons (Fsp3) is 0.654. The number of esters is 1. The molecular weight excluding hydrogens is 388 g/mol. The number of hydrogen-bond acceptors (Lipinski definition) is 5. The lowest BCUT2D eigenvalue weighted by molar-refractivity contribution is -0.146. The van der Waals surface area contributed by atoms with Gasteiger partial charge in [0, 0.05) is 38.6 Å². The number of methoxy groups -OCH3 is 1. The number of benzene rings is 1. The van der Waals surface area contributed by atoms with Crippen molar-refractivity contribution in [2.45, 2.75) is 45.1 Å². The summed E-state index contributed by atoms with van der Waals surface area (Å²) >= 11 is 0. The standard InChI is InChI=1S/C26H36N2O3/c1-18-7-6-10-26(2)16-24-19(15-21(18)26)20(25(29)31-24)17-27-11-13-28(14-12-27)22-8-4-5-9-23(22)30-3/h4-5,8-9,19-21,24H,1,6-7,10-17H2,2-3H3/t19-,20?,21+,24-,26-/m1/s1. The van der Waals surface area contributed by atoms with Gasteiger partial charge in [0.2, 0.25) is 0 Å². The molecule has 2 heterocycles. The molecule has 0 radical (unpaired) electrons. The second-order valence-corrected chi connectivity index (χ2v) is 10.4. The summed E-state index contributed by atoms with van der Waals surface area (Å²) in [6.07, 6.45) is 5.84. The Morgan fingerprint density at radius 1 is 1.23 bits per heavy atom. The van der Waals surface area contributed by atoms with E-state index in [1.54, 1.807) is 7.11 Å². The van der Waals surface area contributed by atoms with Gasteiger partial charge in [-0.15, -0.1) is 0 Å². The quantitative estimate of drug-likeness (QED) is 0.537. The number of ether oxygens (including phenoxy) is 2. The third-order valence-corrected chi connectivity index (χ3v) is 8.57. The van der Waals surface area contributed by atoms with Gasteiger partial charge in [0.05, 0.1) is 18.7 Å². The van der Waals surface area contributed by atoms with Crippen LogP contribution in [0.5, 0.6) is 5.75 Å². The molecule has 0 N–H and O–H groups in total. The van der Waals surface area contributed by atoms with E-state index in [1.807, 2.05) is 12.1 Å². The summed E-state index contributed by atoms with van der Waals surface area (Å²) < 4.78 is 11.5. The Morgan fingerprint density at radius 2 is 2.00 bits per heavy atom. The van der Waals surface area contributed by atoms with E-state index in [4.69, 9.17) is 9.47 Å². The summed E-state index contributed by atoms with van der Waals surface area (Å²) in [6.45, 7) is 11.5. The van der Waals surface area contributed by atoms with E-state index in [1.165, 1.54) is 18.4 Å². The van der Waals surface area contributed by atoms with E-state index >= 15 is 0 Å². The maximum atomic E-state index is 12.9. The summed E-state index contributed by atoms with van der Waals surface area (Å²) in [4.78, 5) is 17.7. The van der Waals surface area contributed by atoms with Gasteiger partial charge in [-0.1, -0.05) is 31.2 Å². The number of anilines is 1. The average molecular weight is 425 g/mol. The van der Waals surface area contributed by atoms with E-state index in [0.29, 0.717) is 11.8 Å². The van der Waals surface area contributed by atoms with Gasteiger partial charge < -0.3 is 14.4 Å². The van der Waals surface area contributed by atoms with Crippen molar-refractivity contribution in [1.82, 2.24) is 4.90 Å². The van der Waals surface area contributed by atoms with Gasteiger partial charge in [-0.25, -0.2) is 0 Å². The van der Waals surface area contributed by atoms with Gasteiger partial charge in [-0.05, 0) is 55.6 Å².